The average Bonchev–Trinajstić information content (AvgIpc) is 2.78. The average molecular weight is 437 g/mol. The van der Waals surface area contributed by atoms with Crippen LogP contribution in [0.25, 0.3) is 0 Å². The Bertz CT molecular complexity index is 486. The van der Waals surface area contributed by atoms with E-state index < -0.39 is 17.8 Å². The minimum absolute atomic E-state index is 0.293. The Hall–Kier alpha value is -1.32. The van der Waals surface area contributed by atoms with Gasteiger partial charge in [0.25, 0.3) is 0 Å². The van der Waals surface area contributed by atoms with Gasteiger partial charge in [-0.05, 0) is 44.9 Å². The van der Waals surface area contributed by atoms with Crippen LogP contribution in [0.5, 0.6) is 0 Å². The summed E-state index contributed by atoms with van der Waals surface area (Å²) in [6.45, 7) is 2.70. The summed E-state index contributed by atoms with van der Waals surface area (Å²) >= 11 is 0. The van der Waals surface area contributed by atoms with E-state index in [9.17, 15) is 14.7 Å². The van der Waals surface area contributed by atoms with Crippen LogP contribution in [0.3, 0.4) is 0 Å². The van der Waals surface area contributed by atoms with Crippen molar-refractivity contribution in [3.05, 3.63) is 12.2 Å². The Morgan fingerprint density at radius 1 is 0.742 bits per heavy atom. The fraction of sp³-hybridized carbons (Fsp3) is 0.852. The second-order valence-corrected chi connectivity index (χ2v) is 9.29. The Labute approximate surface area is 191 Å². The summed E-state index contributed by atoms with van der Waals surface area (Å²) in [5.74, 6) is -2.13. The number of rotatable bonds is 19. The number of unbranched alkanes of at least 4 members (excludes halogenated alkanes) is 13. The molecule has 180 valence electrons. The maximum atomic E-state index is 12.2. The third-order valence-corrected chi connectivity index (χ3v) is 6.54. The largest absolute Gasteiger partial charge is 0.481 e. The van der Waals surface area contributed by atoms with Gasteiger partial charge in [0.15, 0.2) is 0 Å². The molecule has 0 aromatic carbocycles. The summed E-state index contributed by atoms with van der Waals surface area (Å²) in [6, 6.07) is 0. The maximum Gasteiger partial charge on any atom is 0.309 e. The van der Waals surface area contributed by atoms with E-state index in [1.54, 1.807) is 0 Å². The van der Waals surface area contributed by atoms with Crippen LogP contribution in [0.1, 0.15) is 129 Å². The van der Waals surface area contributed by atoms with Gasteiger partial charge in [-0.3, -0.25) is 9.59 Å². The van der Waals surface area contributed by atoms with Crippen LogP contribution in [0, 0.1) is 11.8 Å². The smallest absolute Gasteiger partial charge is 0.309 e. The molecule has 0 aromatic heterocycles. The molecule has 0 aromatic rings. The third-order valence-electron chi connectivity index (χ3n) is 6.54. The van der Waals surface area contributed by atoms with Crippen molar-refractivity contribution in [3.8, 4) is 0 Å². The zero-order chi connectivity index (χ0) is 22.6. The molecule has 4 heteroatoms. The van der Waals surface area contributed by atoms with Gasteiger partial charge in [-0.2, -0.15) is 0 Å². The Morgan fingerprint density at radius 3 is 1.77 bits per heavy atom. The Morgan fingerprint density at radius 2 is 1.23 bits per heavy atom. The number of carboxylic acid groups (broad SMARTS) is 1. The van der Waals surface area contributed by atoms with E-state index in [2.05, 4.69) is 19.1 Å². The lowest BCUT2D eigenvalue weighted by Gasteiger charge is -2.26. The first-order chi connectivity index (χ1) is 15.2. The summed E-state index contributed by atoms with van der Waals surface area (Å²) < 4.78 is 5.38. The van der Waals surface area contributed by atoms with Gasteiger partial charge in [-0.1, -0.05) is 96.1 Å². The van der Waals surface area contributed by atoms with Crippen LogP contribution in [0.4, 0.5) is 0 Å². The Balaban J connectivity index is 1.86. The molecule has 1 saturated carbocycles. The molecule has 1 aliphatic rings. The predicted molar refractivity (Wildman–Crippen MR) is 128 cm³/mol. The van der Waals surface area contributed by atoms with Gasteiger partial charge in [0.05, 0.1) is 18.4 Å². The molecular formula is C27H48O4. The van der Waals surface area contributed by atoms with Gasteiger partial charge in [0, 0.05) is 0 Å². The number of hydrogen-bond donors (Lipinski definition) is 1. The molecular weight excluding hydrogens is 388 g/mol. The molecule has 1 rings (SSSR count). The third kappa shape index (κ3) is 14.4. The number of carboxylic acids is 1. The number of aliphatic carboxylic acids is 1. The van der Waals surface area contributed by atoms with E-state index in [-0.39, 0.29) is 5.97 Å². The number of carbonyl (C=O) groups is 2. The molecule has 0 saturated heterocycles. The summed E-state index contributed by atoms with van der Waals surface area (Å²) in [7, 11) is 0. The van der Waals surface area contributed by atoms with Gasteiger partial charge in [-0.15, -0.1) is 0 Å². The van der Waals surface area contributed by atoms with Gasteiger partial charge >= 0.3 is 11.9 Å². The lowest BCUT2D eigenvalue weighted by molar-refractivity contribution is -0.159. The maximum absolute atomic E-state index is 12.2. The highest BCUT2D eigenvalue weighted by Gasteiger charge is 2.36. The fourth-order valence-electron chi connectivity index (χ4n) is 4.51. The first-order valence-corrected chi connectivity index (χ1v) is 13.2. The summed E-state index contributed by atoms with van der Waals surface area (Å²) in [6.07, 6.45) is 26.8. The summed E-state index contributed by atoms with van der Waals surface area (Å²) in [4.78, 5) is 23.5. The van der Waals surface area contributed by atoms with E-state index >= 15 is 0 Å². The fourth-order valence-corrected chi connectivity index (χ4v) is 4.51. The minimum Gasteiger partial charge on any atom is -0.481 e. The SMILES string of the molecule is CCCCCC/C=C/CCCCCCCCCCCOC(=O)C1CCCCC1C(=O)O. The summed E-state index contributed by atoms with van der Waals surface area (Å²) in [5.41, 5.74) is 0. The molecule has 1 N–H and O–H groups in total. The van der Waals surface area contributed by atoms with E-state index in [1.807, 2.05) is 0 Å². The molecule has 0 aliphatic heterocycles. The highest BCUT2D eigenvalue weighted by atomic mass is 16.5. The van der Waals surface area contributed by atoms with Crippen LogP contribution in [-0.2, 0) is 14.3 Å². The van der Waals surface area contributed by atoms with Crippen LogP contribution in [-0.4, -0.2) is 23.7 Å². The van der Waals surface area contributed by atoms with Crippen LogP contribution in [0.15, 0.2) is 12.2 Å². The highest BCUT2D eigenvalue weighted by molar-refractivity contribution is 5.81. The number of carbonyl (C=O) groups excluding carboxylic acids is 1. The lowest BCUT2D eigenvalue weighted by Crippen LogP contribution is -2.33. The molecule has 0 heterocycles. The lowest BCUT2D eigenvalue weighted by atomic mass is 9.79. The number of ether oxygens (including phenoxy) is 1. The molecule has 31 heavy (non-hydrogen) atoms. The zero-order valence-corrected chi connectivity index (χ0v) is 20.1. The van der Waals surface area contributed by atoms with E-state index in [0.29, 0.717) is 19.4 Å². The quantitative estimate of drug-likeness (QED) is 0.127. The molecule has 0 amide bonds. The number of hydrogen-bond acceptors (Lipinski definition) is 3. The van der Waals surface area contributed by atoms with E-state index in [1.165, 1.54) is 83.5 Å². The van der Waals surface area contributed by atoms with E-state index in [4.69, 9.17) is 4.74 Å². The minimum atomic E-state index is -0.851. The van der Waals surface area contributed by atoms with Crippen LogP contribution >= 0.6 is 0 Å². The van der Waals surface area contributed by atoms with Crippen molar-refractivity contribution in [2.24, 2.45) is 11.8 Å². The van der Waals surface area contributed by atoms with Gasteiger partial charge in [0.2, 0.25) is 0 Å². The van der Waals surface area contributed by atoms with Crippen molar-refractivity contribution in [2.75, 3.05) is 6.61 Å². The van der Waals surface area contributed by atoms with Crippen molar-refractivity contribution in [1.29, 1.82) is 0 Å². The van der Waals surface area contributed by atoms with Gasteiger partial charge in [-0.25, -0.2) is 0 Å². The number of allylic oxidation sites excluding steroid dienone is 2. The first-order valence-electron chi connectivity index (χ1n) is 13.2. The van der Waals surface area contributed by atoms with Gasteiger partial charge < -0.3 is 9.84 Å². The molecule has 2 atom stereocenters. The van der Waals surface area contributed by atoms with Gasteiger partial charge in [0.1, 0.15) is 0 Å². The standard InChI is InChI=1S/C27H48O4/c1-2-3-4-5-6-7-8-9-10-11-12-13-14-15-16-17-20-23-31-27(30)25-22-19-18-21-24(25)26(28)29/h7-8,24-25H,2-6,9-23H2,1H3,(H,28,29)/b8-7+. The monoisotopic (exact) mass is 436 g/mol. The topological polar surface area (TPSA) is 63.6 Å². The Kier molecular flexibility index (Phi) is 17.3. The normalized spacial score (nSPS) is 19.0. The molecule has 1 fully saturated rings. The second-order valence-electron chi connectivity index (χ2n) is 9.29. The zero-order valence-electron chi connectivity index (χ0n) is 20.1. The molecule has 2 unspecified atom stereocenters. The predicted octanol–water partition coefficient (Wildman–Crippen LogP) is 7.85. The highest BCUT2D eigenvalue weighted by Crippen LogP contribution is 2.31. The molecule has 0 radical (unpaired) electrons. The van der Waals surface area contributed by atoms with Crippen molar-refractivity contribution in [1.82, 2.24) is 0 Å². The molecule has 4 nitrogen and oxygen atoms in total. The summed E-state index contributed by atoms with van der Waals surface area (Å²) in [5, 5.41) is 9.27. The first kappa shape index (κ1) is 27.7. The van der Waals surface area contributed by atoms with Crippen molar-refractivity contribution in [3.63, 3.8) is 0 Å². The number of esters is 1. The second kappa shape index (κ2) is 19.4. The van der Waals surface area contributed by atoms with Crippen LogP contribution in [0.2, 0.25) is 0 Å². The molecule has 0 spiro atoms. The van der Waals surface area contributed by atoms with Crippen molar-refractivity contribution >= 4 is 11.9 Å². The molecule has 1 aliphatic carbocycles. The van der Waals surface area contributed by atoms with Crippen LogP contribution < -0.4 is 0 Å². The van der Waals surface area contributed by atoms with E-state index in [0.717, 1.165) is 25.7 Å². The van der Waals surface area contributed by atoms with Crippen molar-refractivity contribution < 1.29 is 19.4 Å². The molecule has 0 bridgehead atoms. The van der Waals surface area contributed by atoms with Crippen molar-refractivity contribution in [2.45, 2.75) is 129 Å².